The van der Waals surface area contributed by atoms with Crippen molar-refractivity contribution in [2.45, 2.75) is 6.92 Å². The lowest BCUT2D eigenvalue weighted by atomic mass is 10.2. The minimum absolute atomic E-state index is 0.862. The van der Waals surface area contributed by atoms with E-state index in [2.05, 4.69) is 44.7 Å². The molecule has 0 unspecified atom stereocenters. The highest BCUT2D eigenvalue weighted by Crippen LogP contribution is 2.10. The molecule has 0 heterocycles. The molecule has 0 atom stereocenters. The number of rotatable bonds is 1. The third kappa shape index (κ3) is 6.35. The molecule has 0 bridgehead atoms. The lowest BCUT2D eigenvalue weighted by molar-refractivity contribution is 1.44. The average Bonchev–Trinajstić information content (AvgIpc) is 2.22. The van der Waals surface area contributed by atoms with Crippen molar-refractivity contribution in [2.24, 2.45) is 9.98 Å². The highest BCUT2D eigenvalue weighted by Gasteiger charge is 1.84. The second kappa shape index (κ2) is 8.42. The first-order chi connectivity index (χ1) is 6.74. The summed E-state index contributed by atoms with van der Waals surface area (Å²) in [5, 5.41) is 4.45. The van der Waals surface area contributed by atoms with Crippen molar-refractivity contribution in [1.29, 1.82) is 0 Å². The SMILES string of the molecule is CN=C=S.Cc1ccc(N=C=S)cc1. The molecular formula is C10H10N2S2. The monoisotopic (exact) mass is 222 g/mol. The van der Waals surface area contributed by atoms with Gasteiger partial charge >= 0.3 is 0 Å². The van der Waals surface area contributed by atoms with E-state index >= 15 is 0 Å². The Morgan fingerprint density at radius 2 is 1.57 bits per heavy atom. The fourth-order valence-corrected chi connectivity index (χ4v) is 0.777. The Hall–Kier alpha value is -1.18. The van der Waals surface area contributed by atoms with Gasteiger partial charge in [0.05, 0.1) is 16.0 Å². The van der Waals surface area contributed by atoms with Crippen LogP contribution in [-0.2, 0) is 0 Å². The summed E-state index contributed by atoms with van der Waals surface area (Å²) < 4.78 is 0. The van der Waals surface area contributed by atoms with Crippen molar-refractivity contribution in [3.8, 4) is 0 Å². The summed E-state index contributed by atoms with van der Waals surface area (Å²) in [4.78, 5) is 7.11. The van der Waals surface area contributed by atoms with Crippen molar-refractivity contribution < 1.29 is 0 Å². The number of hydrogen-bond acceptors (Lipinski definition) is 4. The minimum atomic E-state index is 0.862. The molecule has 1 rings (SSSR count). The number of isothiocyanates is 2. The van der Waals surface area contributed by atoms with Gasteiger partial charge in [-0.3, -0.25) is 0 Å². The molecule has 1 aromatic rings. The molecule has 2 nitrogen and oxygen atoms in total. The molecule has 0 aliphatic heterocycles. The second-order valence-corrected chi connectivity index (χ2v) is 2.72. The summed E-state index contributed by atoms with van der Waals surface area (Å²) in [5.74, 6) is 0. The van der Waals surface area contributed by atoms with E-state index in [4.69, 9.17) is 0 Å². The molecule has 0 spiro atoms. The lowest BCUT2D eigenvalue weighted by Crippen LogP contribution is -1.67. The smallest absolute Gasteiger partial charge is 0.0739 e. The fourth-order valence-electron chi connectivity index (χ4n) is 0.672. The maximum Gasteiger partial charge on any atom is 0.0739 e. The quantitative estimate of drug-likeness (QED) is 0.537. The summed E-state index contributed by atoms with van der Waals surface area (Å²) in [6, 6.07) is 7.81. The normalized spacial score (nSPS) is 7.29. The topological polar surface area (TPSA) is 24.7 Å². The Bertz CT molecular complexity index is 358. The van der Waals surface area contributed by atoms with Gasteiger partial charge in [0.2, 0.25) is 0 Å². The number of aryl methyl sites for hydroxylation is 1. The van der Waals surface area contributed by atoms with Crippen molar-refractivity contribution in [2.75, 3.05) is 7.05 Å². The maximum absolute atomic E-state index is 4.45. The van der Waals surface area contributed by atoms with E-state index in [0.717, 1.165) is 5.69 Å². The van der Waals surface area contributed by atoms with Crippen LogP contribution in [0.1, 0.15) is 5.56 Å². The highest BCUT2D eigenvalue weighted by molar-refractivity contribution is 7.78. The molecule has 4 heteroatoms. The predicted octanol–water partition coefficient (Wildman–Crippen LogP) is 3.45. The zero-order valence-electron chi connectivity index (χ0n) is 8.02. The average molecular weight is 222 g/mol. The van der Waals surface area contributed by atoms with Crippen LogP contribution in [0.3, 0.4) is 0 Å². The first-order valence-corrected chi connectivity index (χ1v) is 4.66. The van der Waals surface area contributed by atoms with Gasteiger partial charge in [-0.25, -0.2) is 4.99 Å². The van der Waals surface area contributed by atoms with Crippen LogP contribution in [0.25, 0.3) is 0 Å². The van der Waals surface area contributed by atoms with Gasteiger partial charge in [-0.05, 0) is 43.5 Å². The Labute approximate surface area is 94.4 Å². The molecule has 0 aliphatic rings. The largest absolute Gasteiger partial charge is 0.236 e. The molecule has 0 saturated carbocycles. The Balaban J connectivity index is 0.000000364. The minimum Gasteiger partial charge on any atom is -0.236 e. The van der Waals surface area contributed by atoms with Crippen LogP contribution in [0.4, 0.5) is 5.69 Å². The van der Waals surface area contributed by atoms with E-state index < -0.39 is 0 Å². The Kier molecular flexibility index (Phi) is 7.71. The fraction of sp³-hybridized carbons (Fsp3) is 0.200. The summed E-state index contributed by atoms with van der Waals surface area (Å²) in [6.07, 6.45) is 0. The van der Waals surface area contributed by atoms with Gasteiger partial charge in [-0.1, -0.05) is 17.7 Å². The third-order valence-electron chi connectivity index (χ3n) is 1.30. The Morgan fingerprint density at radius 3 is 1.93 bits per heavy atom. The first kappa shape index (κ1) is 12.8. The molecular weight excluding hydrogens is 212 g/mol. The van der Waals surface area contributed by atoms with Gasteiger partial charge in [-0.15, -0.1) is 0 Å². The van der Waals surface area contributed by atoms with Crippen molar-refractivity contribution >= 4 is 40.4 Å². The summed E-state index contributed by atoms with van der Waals surface area (Å²) >= 11 is 8.59. The molecule has 0 fully saturated rings. The van der Waals surface area contributed by atoms with Crippen molar-refractivity contribution in [3.05, 3.63) is 29.8 Å². The molecule has 1 aromatic carbocycles. The Morgan fingerprint density at radius 1 is 1.07 bits per heavy atom. The van der Waals surface area contributed by atoms with Gasteiger partial charge in [-0.2, -0.15) is 4.99 Å². The zero-order chi connectivity index (χ0) is 10.8. The molecule has 0 aliphatic carbocycles. The standard InChI is InChI=1S/C8H7NS.C2H3NS/c1-7-2-4-8(5-3-7)9-6-10;1-3-2-4/h2-5H,1H3;1H3. The number of thiocarbonyl (C=S) groups is 2. The van der Waals surface area contributed by atoms with Gasteiger partial charge < -0.3 is 0 Å². The number of aliphatic imine (C=N–C) groups is 2. The first-order valence-electron chi connectivity index (χ1n) is 3.85. The molecule has 72 valence electrons. The maximum atomic E-state index is 4.45. The van der Waals surface area contributed by atoms with Gasteiger partial charge in [0.25, 0.3) is 0 Å². The third-order valence-corrected chi connectivity index (χ3v) is 1.57. The van der Waals surface area contributed by atoms with Crippen LogP contribution in [0.15, 0.2) is 34.3 Å². The molecule has 0 radical (unpaired) electrons. The molecule has 0 amide bonds. The van der Waals surface area contributed by atoms with E-state index in [0.29, 0.717) is 0 Å². The second-order valence-electron chi connectivity index (χ2n) is 2.35. The lowest BCUT2D eigenvalue weighted by Gasteiger charge is -1.90. The van der Waals surface area contributed by atoms with E-state index in [1.165, 1.54) is 5.56 Å². The zero-order valence-corrected chi connectivity index (χ0v) is 9.65. The van der Waals surface area contributed by atoms with Crippen LogP contribution in [0.2, 0.25) is 0 Å². The van der Waals surface area contributed by atoms with Crippen LogP contribution < -0.4 is 0 Å². The number of hydrogen-bond donors (Lipinski definition) is 0. The number of benzene rings is 1. The molecule has 0 saturated heterocycles. The summed E-state index contributed by atoms with van der Waals surface area (Å²) in [7, 11) is 1.59. The van der Waals surface area contributed by atoms with Gasteiger partial charge in [0.15, 0.2) is 0 Å². The van der Waals surface area contributed by atoms with Crippen LogP contribution in [-0.4, -0.2) is 17.4 Å². The summed E-state index contributed by atoms with van der Waals surface area (Å²) in [6.45, 7) is 2.03. The number of nitrogens with zero attached hydrogens (tertiary/aromatic N) is 2. The van der Waals surface area contributed by atoms with E-state index in [9.17, 15) is 0 Å². The summed E-state index contributed by atoms with van der Waals surface area (Å²) in [5.41, 5.74) is 2.09. The molecule has 0 aromatic heterocycles. The van der Waals surface area contributed by atoms with E-state index in [1.54, 1.807) is 7.05 Å². The predicted molar refractivity (Wildman–Crippen MR) is 66.8 cm³/mol. The van der Waals surface area contributed by atoms with Crippen molar-refractivity contribution in [1.82, 2.24) is 0 Å². The van der Waals surface area contributed by atoms with Gasteiger partial charge in [0, 0.05) is 7.05 Å². The van der Waals surface area contributed by atoms with Crippen LogP contribution >= 0.6 is 24.4 Å². The van der Waals surface area contributed by atoms with Crippen LogP contribution in [0.5, 0.6) is 0 Å². The highest BCUT2D eigenvalue weighted by atomic mass is 32.1. The van der Waals surface area contributed by atoms with E-state index in [1.807, 2.05) is 31.2 Å². The molecule has 0 N–H and O–H groups in total. The van der Waals surface area contributed by atoms with Crippen molar-refractivity contribution in [3.63, 3.8) is 0 Å². The van der Waals surface area contributed by atoms with Gasteiger partial charge in [0.1, 0.15) is 0 Å². The van der Waals surface area contributed by atoms with E-state index in [-0.39, 0.29) is 0 Å². The molecule has 14 heavy (non-hydrogen) atoms. The van der Waals surface area contributed by atoms with Crippen LogP contribution in [0, 0.1) is 6.92 Å².